The molecule has 0 aromatic heterocycles. The van der Waals surface area contributed by atoms with Crippen molar-refractivity contribution in [3.05, 3.63) is 144 Å². The average Bonchev–Trinajstić information content (AvgIpc) is 3.06. The highest BCUT2D eigenvalue weighted by atomic mass is 16.7. The van der Waals surface area contributed by atoms with Crippen molar-refractivity contribution in [3.8, 4) is 0 Å². The van der Waals surface area contributed by atoms with Gasteiger partial charge in [-0.3, -0.25) is 0 Å². The summed E-state index contributed by atoms with van der Waals surface area (Å²) in [4.78, 5) is 0. The third kappa shape index (κ3) is 8.35. The standard InChI is InChI=1S/C36H40O6/c1-2-31(37)32-33(38-23-27-15-7-3-8-16-27)34(39-24-28-17-9-4-10-18-28)35(40-25-29-19-11-5-12-20-29)36(42-32)41-26-30-21-13-6-14-22-30/h3-22,31-37H,2,23-26H2,1H3/t31?,32?,33-,34?,35?,36+/m1/s1. The second-order valence-electron chi connectivity index (χ2n) is 10.5. The summed E-state index contributed by atoms with van der Waals surface area (Å²) >= 11 is 0. The minimum absolute atomic E-state index is 0.326. The summed E-state index contributed by atoms with van der Waals surface area (Å²) in [5.74, 6) is 0. The Morgan fingerprint density at radius 1 is 0.524 bits per heavy atom. The molecule has 0 radical (unpaired) electrons. The molecule has 0 amide bonds. The van der Waals surface area contributed by atoms with E-state index in [0.29, 0.717) is 32.8 Å². The highest BCUT2D eigenvalue weighted by Gasteiger charge is 2.50. The SMILES string of the molecule is CCC(O)C1O[C@H](OCc2ccccc2)C(OCc2ccccc2)C(OCc2ccccc2)[C@@H]1OCc1ccccc1. The van der Waals surface area contributed by atoms with E-state index in [1.807, 2.05) is 128 Å². The van der Waals surface area contributed by atoms with Crippen molar-refractivity contribution in [1.29, 1.82) is 0 Å². The van der Waals surface area contributed by atoms with E-state index in [1.165, 1.54) is 0 Å². The zero-order chi connectivity index (χ0) is 29.0. The lowest BCUT2D eigenvalue weighted by Gasteiger charge is -2.47. The van der Waals surface area contributed by atoms with Gasteiger partial charge in [-0.25, -0.2) is 0 Å². The maximum Gasteiger partial charge on any atom is 0.187 e. The van der Waals surface area contributed by atoms with Crippen LogP contribution in [-0.2, 0) is 50.1 Å². The van der Waals surface area contributed by atoms with Crippen LogP contribution in [0.1, 0.15) is 35.6 Å². The van der Waals surface area contributed by atoms with Crippen LogP contribution in [0.2, 0.25) is 0 Å². The first-order chi connectivity index (χ1) is 20.7. The Hall–Kier alpha value is -3.36. The molecule has 6 heteroatoms. The number of rotatable bonds is 14. The van der Waals surface area contributed by atoms with Crippen LogP contribution in [0.15, 0.2) is 121 Å². The number of benzene rings is 4. The monoisotopic (exact) mass is 568 g/mol. The maximum atomic E-state index is 11.2. The molecule has 42 heavy (non-hydrogen) atoms. The molecule has 1 aliphatic rings. The molecule has 1 heterocycles. The lowest BCUT2D eigenvalue weighted by Crippen LogP contribution is -2.63. The smallest absolute Gasteiger partial charge is 0.187 e. The minimum Gasteiger partial charge on any atom is -0.390 e. The predicted molar refractivity (Wildman–Crippen MR) is 161 cm³/mol. The molecule has 0 bridgehead atoms. The van der Waals surface area contributed by atoms with Gasteiger partial charge in [-0.2, -0.15) is 0 Å². The van der Waals surface area contributed by atoms with Crippen molar-refractivity contribution < 1.29 is 28.8 Å². The van der Waals surface area contributed by atoms with Gasteiger partial charge in [0.05, 0.1) is 32.5 Å². The number of ether oxygens (including phenoxy) is 5. The van der Waals surface area contributed by atoms with Crippen LogP contribution in [0.4, 0.5) is 0 Å². The van der Waals surface area contributed by atoms with E-state index < -0.39 is 36.8 Å². The molecular weight excluding hydrogens is 528 g/mol. The lowest BCUT2D eigenvalue weighted by atomic mass is 9.93. The van der Waals surface area contributed by atoms with Crippen molar-refractivity contribution in [2.75, 3.05) is 0 Å². The Morgan fingerprint density at radius 3 is 1.29 bits per heavy atom. The van der Waals surface area contributed by atoms with Crippen LogP contribution in [-0.4, -0.2) is 41.9 Å². The summed E-state index contributed by atoms with van der Waals surface area (Å²) < 4.78 is 32.7. The Balaban J connectivity index is 1.45. The summed E-state index contributed by atoms with van der Waals surface area (Å²) in [7, 11) is 0. The Bertz CT molecular complexity index is 1290. The van der Waals surface area contributed by atoms with Crippen molar-refractivity contribution in [2.24, 2.45) is 0 Å². The van der Waals surface area contributed by atoms with E-state index in [0.717, 1.165) is 22.3 Å². The van der Waals surface area contributed by atoms with Crippen molar-refractivity contribution >= 4 is 0 Å². The number of aliphatic hydroxyl groups is 1. The quantitative estimate of drug-likeness (QED) is 0.189. The molecule has 1 aliphatic heterocycles. The van der Waals surface area contributed by atoms with E-state index in [9.17, 15) is 5.11 Å². The van der Waals surface area contributed by atoms with Gasteiger partial charge in [-0.1, -0.05) is 128 Å². The van der Waals surface area contributed by atoms with Crippen LogP contribution in [0, 0.1) is 0 Å². The Labute approximate surface area is 248 Å². The van der Waals surface area contributed by atoms with Crippen LogP contribution in [0.5, 0.6) is 0 Å². The van der Waals surface area contributed by atoms with Crippen LogP contribution >= 0.6 is 0 Å². The molecule has 4 aromatic carbocycles. The van der Waals surface area contributed by atoms with Gasteiger partial charge in [0.2, 0.25) is 0 Å². The average molecular weight is 569 g/mol. The van der Waals surface area contributed by atoms with Gasteiger partial charge < -0.3 is 28.8 Å². The van der Waals surface area contributed by atoms with E-state index in [4.69, 9.17) is 23.7 Å². The molecule has 0 spiro atoms. The normalized spacial score (nSPS) is 23.0. The number of aliphatic hydroxyl groups excluding tert-OH is 1. The van der Waals surface area contributed by atoms with Gasteiger partial charge in [0.25, 0.3) is 0 Å². The first-order valence-corrected chi connectivity index (χ1v) is 14.7. The zero-order valence-corrected chi connectivity index (χ0v) is 24.0. The van der Waals surface area contributed by atoms with Gasteiger partial charge in [-0.05, 0) is 28.7 Å². The van der Waals surface area contributed by atoms with Crippen LogP contribution in [0.3, 0.4) is 0 Å². The zero-order valence-electron chi connectivity index (χ0n) is 24.0. The fourth-order valence-corrected chi connectivity index (χ4v) is 5.12. The third-order valence-corrected chi connectivity index (χ3v) is 7.44. The van der Waals surface area contributed by atoms with Gasteiger partial charge in [0.15, 0.2) is 6.29 Å². The third-order valence-electron chi connectivity index (χ3n) is 7.44. The molecule has 6 nitrogen and oxygen atoms in total. The highest BCUT2D eigenvalue weighted by molar-refractivity contribution is 5.16. The first kappa shape index (κ1) is 30.1. The lowest BCUT2D eigenvalue weighted by molar-refractivity contribution is -0.336. The fourth-order valence-electron chi connectivity index (χ4n) is 5.12. The number of hydrogen-bond acceptors (Lipinski definition) is 6. The van der Waals surface area contributed by atoms with Crippen molar-refractivity contribution in [3.63, 3.8) is 0 Å². The van der Waals surface area contributed by atoms with Crippen LogP contribution < -0.4 is 0 Å². The summed E-state index contributed by atoms with van der Waals surface area (Å²) in [6.07, 6.45) is -3.60. The van der Waals surface area contributed by atoms with Gasteiger partial charge in [0.1, 0.15) is 24.4 Å². The summed E-state index contributed by atoms with van der Waals surface area (Å²) in [5, 5.41) is 11.2. The van der Waals surface area contributed by atoms with Crippen LogP contribution in [0.25, 0.3) is 0 Å². The number of hydrogen-bond donors (Lipinski definition) is 1. The van der Waals surface area contributed by atoms with E-state index in [2.05, 4.69) is 0 Å². The van der Waals surface area contributed by atoms with Gasteiger partial charge >= 0.3 is 0 Å². The molecule has 1 fully saturated rings. The van der Waals surface area contributed by atoms with Gasteiger partial charge in [0, 0.05) is 0 Å². The molecule has 1 N–H and O–H groups in total. The second-order valence-corrected chi connectivity index (χ2v) is 10.5. The fraction of sp³-hybridized carbons (Fsp3) is 0.333. The molecule has 1 saturated heterocycles. The second kappa shape index (κ2) is 15.8. The molecule has 6 atom stereocenters. The Morgan fingerprint density at radius 2 is 0.881 bits per heavy atom. The van der Waals surface area contributed by atoms with Crippen molar-refractivity contribution in [1.82, 2.24) is 0 Å². The van der Waals surface area contributed by atoms with E-state index >= 15 is 0 Å². The summed E-state index contributed by atoms with van der Waals surface area (Å²) in [6.45, 7) is 3.29. The molecule has 5 rings (SSSR count). The molecule has 4 aromatic rings. The molecule has 220 valence electrons. The maximum absolute atomic E-state index is 11.2. The Kier molecular flexibility index (Phi) is 11.3. The molecular formula is C36H40O6. The van der Waals surface area contributed by atoms with Crippen molar-refractivity contribution in [2.45, 2.75) is 76.6 Å². The largest absolute Gasteiger partial charge is 0.390 e. The topological polar surface area (TPSA) is 66.4 Å². The molecule has 0 saturated carbocycles. The summed E-state index contributed by atoms with van der Waals surface area (Å²) in [5.41, 5.74) is 4.09. The molecule has 4 unspecified atom stereocenters. The minimum atomic E-state index is -0.794. The van der Waals surface area contributed by atoms with Gasteiger partial charge in [-0.15, -0.1) is 0 Å². The van der Waals surface area contributed by atoms with E-state index in [-0.39, 0.29) is 0 Å². The molecule has 0 aliphatic carbocycles. The highest BCUT2D eigenvalue weighted by Crippen LogP contribution is 2.33. The summed E-state index contributed by atoms with van der Waals surface area (Å²) in [6, 6.07) is 40.0. The van der Waals surface area contributed by atoms with E-state index in [1.54, 1.807) is 0 Å². The predicted octanol–water partition coefficient (Wildman–Crippen LogP) is 6.46. The first-order valence-electron chi connectivity index (χ1n) is 14.7.